The third kappa shape index (κ3) is 3.27. The van der Waals surface area contributed by atoms with Gasteiger partial charge in [-0.1, -0.05) is 30.3 Å². The van der Waals surface area contributed by atoms with Crippen LogP contribution in [0.15, 0.2) is 42.5 Å². The smallest absolute Gasteiger partial charge is 0.167 e. The molecule has 104 valence electrons. The van der Waals surface area contributed by atoms with Crippen molar-refractivity contribution in [1.29, 1.82) is 0 Å². The van der Waals surface area contributed by atoms with Crippen molar-refractivity contribution in [2.24, 2.45) is 5.73 Å². The van der Waals surface area contributed by atoms with Crippen LogP contribution in [-0.4, -0.2) is 12.3 Å². The average molecular weight is 275 g/mol. The Bertz CT molecular complexity index is 626. The van der Waals surface area contributed by atoms with Crippen molar-refractivity contribution < 1.29 is 13.6 Å². The summed E-state index contributed by atoms with van der Waals surface area (Å²) in [6.45, 7) is 0.454. The summed E-state index contributed by atoms with van der Waals surface area (Å²) in [5.41, 5.74) is 7.43. The number of hydrogen-bond donors (Lipinski definition) is 1. The van der Waals surface area contributed by atoms with Crippen LogP contribution in [0.4, 0.5) is 8.78 Å². The lowest BCUT2D eigenvalue weighted by molar-refractivity contribution is 0.0992. The molecule has 2 rings (SSSR count). The minimum absolute atomic E-state index is 0.0405. The van der Waals surface area contributed by atoms with Gasteiger partial charge in [0.1, 0.15) is 0 Å². The van der Waals surface area contributed by atoms with Gasteiger partial charge in [0.05, 0.1) is 0 Å². The molecule has 2 nitrogen and oxygen atoms in total. The zero-order valence-corrected chi connectivity index (χ0v) is 10.9. The second-order valence-corrected chi connectivity index (χ2v) is 4.54. The second-order valence-electron chi connectivity index (χ2n) is 4.54. The predicted molar refractivity (Wildman–Crippen MR) is 73.6 cm³/mol. The summed E-state index contributed by atoms with van der Waals surface area (Å²) in [7, 11) is 0. The molecule has 0 radical (unpaired) electrons. The Balaban J connectivity index is 2.21. The minimum atomic E-state index is -0.939. The predicted octanol–water partition coefficient (Wildman–Crippen LogP) is 2.89. The van der Waals surface area contributed by atoms with Crippen LogP contribution in [0.1, 0.15) is 21.5 Å². The number of nitrogens with two attached hydrogens (primary N) is 1. The van der Waals surface area contributed by atoms with Gasteiger partial charge < -0.3 is 5.73 Å². The zero-order chi connectivity index (χ0) is 14.5. The number of rotatable bonds is 5. The molecule has 0 aliphatic rings. The Morgan fingerprint density at radius 2 is 1.80 bits per heavy atom. The van der Waals surface area contributed by atoms with Crippen molar-refractivity contribution >= 4 is 5.78 Å². The fraction of sp³-hybridized carbons (Fsp3) is 0.188. The summed E-state index contributed by atoms with van der Waals surface area (Å²) in [4.78, 5) is 12.2. The molecule has 0 saturated carbocycles. The Morgan fingerprint density at radius 1 is 1.05 bits per heavy atom. The zero-order valence-electron chi connectivity index (χ0n) is 10.9. The SMILES string of the molecule is NCCc1ccccc1C(=O)Cc1ccc(F)c(F)c1. The Kier molecular flexibility index (Phi) is 4.58. The molecule has 20 heavy (non-hydrogen) atoms. The molecule has 0 aliphatic carbocycles. The lowest BCUT2D eigenvalue weighted by atomic mass is 9.97. The molecule has 2 aromatic carbocycles. The second kappa shape index (κ2) is 6.39. The Morgan fingerprint density at radius 3 is 2.50 bits per heavy atom. The van der Waals surface area contributed by atoms with Gasteiger partial charge in [0, 0.05) is 12.0 Å². The fourth-order valence-corrected chi connectivity index (χ4v) is 2.10. The quantitative estimate of drug-likeness (QED) is 0.853. The van der Waals surface area contributed by atoms with Crippen LogP contribution in [0, 0.1) is 11.6 Å². The summed E-state index contributed by atoms with van der Waals surface area (Å²) in [6.07, 6.45) is 0.651. The highest BCUT2D eigenvalue weighted by molar-refractivity contribution is 5.98. The maximum atomic E-state index is 13.1. The summed E-state index contributed by atoms with van der Waals surface area (Å²) in [5.74, 6) is -1.98. The van der Waals surface area contributed by atoms with Gasteiger partial charge in [-0.15, -0.1) is 0 Å². The molecule has 2 aromatic rings. The van der Waals surface area contributed by atoms with Crippen LogP contribution in [0.2, 0.25) is 0 Å². The van der Waals surface area contributed by atoms with Gasteiger partial charge in [-0.05, 0) is 36.2 Å². The molecule has 0 fully saturated rings. The molecular formula is C16H15F2NO. The third-order valence-corrected chi connectivity index (χ3v) is 3.08. The van der Waals surface area contributed by atoms with Gasteiger partial charge in [0.25, 0.3) is 0 Å². The van der Waals surface area contributed by atoms with Crippen molar-refractivity contribution in [3.8, 4) is 0 Å². The van der Waals surface area contributed by atoms with Gasteiger partial charge in [-0.2, -0.15) is 0 Å². The van der Waals surface area contributed by atoms with Gasteiger partial charge >= 0.3 is 0 Å². The van der Waals surface area contributed by atoms with Crippen LogP contribution in [0.3, 0.4) is 0 Å². The van der Waals surface area contributed by atoms with E-state index in [0.29, 0.717) is 24.1 Å². The van der Waals surface area contributed by atoms with E-state index in [1.807, 2.05) is 12.1 Å². The number of ketones is 1. The minimum Gasteiger partial charge on any atom is -0.330 e. The summed E-state index contributed by atoms with van der Waals surface area (Å²) >= 11 is 0. The van der Waals surface area contributed by atoms with Gasteiger partial charge in [0.15, 0.2) is 17.4 Å². The molecule has 4 heteroatoms. The van der Waals surface area contributed by atoms with E-state index in [9.17, 15) is 13.6 Å². The number of Topliss-reactive ketones (excluding diaryl/α,β-unsaturated/α-hetero) is 1. The maximum absolute atomic E-state index is 13.1. The number of hydrogen-bond acceptors (Lipinski definition) is 2. The molecule has 0 heterocycles. The number of carbonyl (C=O) groups excluding carboxylic acids is 1. The maximum Gasteiger partial charge on any atom is 0.167 e. The van der Waals surface area contributed by atoms with Crippen molar-refractivity contribution in [2.75, 3.05) is 6.54 Å². The highest BCUT2D eigenvalue weighted by atomic mass is 19.2. The molecule has 2 N–H and O–H groups in total. The van der Waals surface area contributed by atoms with Crippen LogP contribution < -0.4 is 5.73 Å². The molecule has 0 spiro atoms. The monoisotopic (exact) mass is 275 g/mol. The number of benzene rings is 2. The molecule has 0 bridgehead atoms. The number of carbonyl (C=O) groups is 1. The molecule has 0 amide bonds. The van der Waals surface area contributed by atoms with Crippen molar-refractivity contribution in [1.82, 2.24) is 0 Å². The van der Waals surface area contributed by atoms with Gasteiger partial charge in [-0.25, -0.2) is 8.78 Å². The van der Waals surface area contributed by atoms with E-state index in [1.54, 1.807) is 12.1 Å². The van der Waals surface area contributed by atoms with Crippen molar-refractivity contribution in [3.05, 3.63) is 70.8 Å². The van der Waals surface area contributed by atoms with E-state index in [2.05, 4.69) is 0 Å². The van der Waals surface area contributed by atoms with Gasteiger partial charge in [-0.3, -0.25) is 4.79 Å². The van der Waals surface area contributed by atoms with E-state index >= 15 is 0 Å². The van der Waals surface area contributed by atoms with Crippen LogP contribution in [0.5, 0.6) is 0 Å². The first kappa shape index (κ1) is 14.3. The van der Waals surface area contributed by atoms with E-state index in [-0.39, 0.29) is 12.2 Å². The van der Waals surface area contributed by atoms with Crippen molar-refractivity contribution in [3.63, 3.8) is 0 Å². The lowest BCUT2D eigenvalue weighted by Crippen LogP contribution is -2.11. The first-order valence-corrected chi connectivity index (χ1v) is 6.37. The van der Waals surface area contributed by atoms with Gasteiger partial charge in [0.2, 0.25) is 0 Å². The number of halogens is 2. The lowest BCUT2D eigenvalue weighted by Gasteiger charge is -2.08. The molecule has 0 aromatic heterocycles. The van der Waals surface area contributed by atoms with Crippen LogP contribution in [-0.2, 0) is 12.8 Å². The van der Waals surface area contributed by atoms with E-state index in [4.69, 9.17) is 5.73 Å². The van der Waals surface area contributed by atoms with Crippen LogP contribution in [0.25, 0.3) is 0 Å². The molecule has 0 unspecified atom stereocenters. The largest absolute Gasteiger partial charge is 0.330 e. The van der Waals surface area contributed by atoms with E-state index in [1.165, 1.54) is 6.07 Å². The van der Waals surface area contributed by atoms with E-state index in [0.717, 1.165) is 17.7 Å². The first-order valence-electron chi connectivity index (χ1n) is 6.37. The standard InChI is InChI=1S/C16H15F2NO/c17-14-6-5-11(9-15(14)18)10-16(20)13-4-2-1-3-12(13)7-8-19/h1-6,9H,7-8,10,19H2. The highest BCUT2D eigenvalue weighted by Gasteiger charge is 2.12. The fourth-order valence-electron chi connectivity index (χ4n) is 2.10. The topological polar surface area (TPSA) is 43.1 Å². The Labute approximate surface area is 116 Å². The summed E-state index contributed by atoms with van der Waals surface area (Å²) in [5, 5.41) is 0. The molecular weight excluding hydrogens is 260 g/mol. The average Bonchev–Trinajstić information content (AvgIpc) is 2.44. The third-order valence-electron chi connectivity index (χ3n) is 3.08. The Hall–Kier alpha value is -2.07. The summed E-state index contributed by atoms with van der Waals surface area (Å²) in [6, 6.07) is 10.7. The van der Waals surface area contributed by atoms with Crippen molar-refractivity contribution in [2.45, 2.75) is 12.8 Å². The molecule has 0 atom stereocenters. The molecule has 0 aliphatic heterocycles. The summed E-state index contributed by atoms with van der Waals surface area (Å²) < 4.78 is 26.0. The van der Waals surface area contributed by atoms with E-state index < -0.39 is 11.6 Å². The first-order chi connectivity index (χ1) is 9.61. The van der Waals surface area contributed by atoms with Crippen LogP contribution >= 0.6 is 0 Å². The normalized spacial score (nSPS) is 10.6. The molecule has 0 saturated heterocycles. The highest BCUT2D eigenvalue weighted by Crippen LogP contribution is 2.15.